The minimum atomic E-state index is -0.159. The van der Waals surface area contributed by atoms with Crippen LogP contribution in [-0.4, -0.2) is 14.3 Å². The molecule has 58 valence electrons. The van der Waals surface area contributed by atoms with Gasteiger partial charge in [0.2, 0.25) is 0 Å². The molecule has 1 fully saturated rings. The third kappa shape index (κ3) is 3.28. The maximum atomic E-state index is 5.76. The highest BCUT2D eigenvalue weighted by atomic mass is 35.6. The zero-order chi connectivity index (χ0) is 7.23. The van der Waals surface area contributed by atoms with Crippen LogP contribution in [0, 0.1) is 5.92 Å². The molecular weight excluding hydrogens is 159 g/mol. The summed E-state index contributed by atoms with van der Waals surface area (Å²) in [5, 5.41) is 1.37. The van der Waals surface area contributed by atoms with Crippen LogP contribution in [0.5, 0.6) is 0 Å². The Hall–Kier alpha value is 0.822. The van der Waals surface area contributed by atoms with Crippen LogP contribution >= 0.6 is 10.0 Å². The average Bonchev–Trinajstić information content (AvgIpc) is 2.03. The summed E-state index contributed by atoms with van der Waals surface area (Å²) in [7, 11) is 5.76. The molecule has 10 heavy (non-hydrogen) atoms. The Labute approximate surface area is 74.3 Å². The smallest absolute Gasteiger partial charge is 0.267 e. The van der Waals surface area contributed by atoms with Gasteiger partial charge in [-0.15, -0.1) is 0 Å². The van der Waals surface area contributed by atoms with Gasteiger partial charge in [-0.3, -0.25) is 10.0 Å². The lowest BCUT2D eigenvalue weighted by Crippen LogP contribution is -2.05. The predicted molar refractivity (Wildman–Crippen MR) is 49.0 cm³/mol. The van der Waals surface area contributed by atoms with Crippen molar-refractivity contribution in [2.24, 2.45) is 5.92 Å². The molecule has 0 nitrogen and oxygen atoms in total. The molecule has 1 rings (SSSR count). The molecule has 0 aromatic heterocycles. The molecular formula is C8H16AlCl. The summed E-state index contributed by atoms with van der Waals surface area (Å²) in [4.78, 5) is 0. The van der Waals surface area contributed by atoms with E-state index in [2.05, 4.69) is 0 Å². The fraction of sp³-hybridized carbons (Fsp3) is 1.00. The Kier molecular flexibility index (Phi) is 4.88. The summed E-state index contributed by atoms with van der Waals surface area (Å²) < 4.78 is 0. The van der Waals surface area contributed by atoms with E-state index in [0.717, 1.165) is 5.92 Å². The molecule has 0 amide bonds. The summed E-state index contributed by atoms with van der Waals surface area (Å²) >= 11 is -0.159. The second kappa shape index (κ2) is 5.47. The fourth-order valence-electron chi connectivity index (χ4n) is 1.84. The van der Waals surface area contributed by atoms with Gasteiger partial charge in [-0.1, -0.05) is 43.8 Å². The highest BCUT2D eigenvalue weighted by molar-refractivity contribution is 6.93. The molecule has 0 spiro atoms. The monoisotopic (exact) mass is 174 g/mol. The van der Waals surface area contributed by atoms with Crippen molar-refractivity contribution in [2.45, 2.75) is 43.8 Å². The summed E-state index contributed by atoms with van der Waals surface area (Å²) in [5.41, 5.74) is 0. The van der Waals surface area contributed by atoms with Crippen molar-refractivity contribution >= 4 is 24.3 Å². The molecule has 0 atom stereocenters. The van der Waals surface area contributed by atoms with E-state index in [1.54, 1.807) is 0 Å². The fourth-order valence-corrected chi connectivity index (χ4v) is 3.04. The van der Waals surface area contributed by atoms with Gasteiger partial charge in [0.1, 0.15) is 0 Å². The molecule has 0 saturated heterocycles. The summed E-state index contributed by atoms with van der Waals surface area (Å²) in [6.45, 7) is 0. The van der Waals surface area contributed by atoms with Crippen molar-refractivity contribution < 1.29 is 0 Å². The van der Waals surface area contributed by atoms with E-state index in [-0.39, 0.29) is 14.3 Å². The Morgan fingerprint density at radius 3 is 2.50 bits per heavy atom. The van der Waals surface area contributed by atoms with Gasteiger partial charge < -0.3 is 0 Å². The molecule has 0 aromatic rings. The van der Waals surface area contributed by atoms with Gasteiger partial charge in [0.25, 0.3) is 0 Å². The standard InChI is InChI=1S/C8H15.Al.ClH.H/c1-2-8-6-4-3-5-7-8;;;/h8H,1-7H2;;1H;/q;+1;;/p-1. The third-order valence-electron chi connectivity index (χ3n) is 2.47. The van der Waals surface area contributed by atoms with E-state index in [1.807, 2.05) is 0 Å². The second-order valence-electron chi connectivity index (χ2n) is 3.34. The van der Waals surface area contributed by atoms with Gasteiger partial charge in [-0.2, -0.15) is 0 Å². The molecule has 0 aromatic carbocycles. The van der Waals surface area contributed by atoms with Crippen LogP contribution in [0.3, 0.4) is 0 Å². The lowest BCUT2D eigenvalue weighted by Gasteiger charge is -2.20. The van der Waals surface area contributed by atoms with Crippen molar-refractivity contribution in [1.82, 2.24) is 0 Å². The van der Waals surface area contributed by atoms with Crippen molar-refractivity contribution in [3.05, 3.63) is 0 Å². The first kappa shape index (κ1) is 8.91. The number of hydrogen-bond acceptors (Lipinski definition) is 0. The van der Waals surface area contributed by atoms with Crippen LogP contribution in [0.2, 0.25) is 5.28 Å². The van der Waals surface area contributed by atoms with Gasteiger partial charge in [0, 0.05) is 0 Å². The minimum Gasteiger partial charge on any atom is -0.267 e. The first-order valence-corrected chi connectivity index (χ1v) is 7.63. The molecule has 2 heteroatoms. The molecule has 0 heterocycles. The van der Waals surface area contributed by atoms with Crippen LogP contribution in [0.25, 0.3) is 0 Å². The van der Waals surface area contributed by atoms with Crippen LogP contribution in [0.1, 0.15) is 38.5 Å². The zero-order valence-electron chi connectivity index (χ0n) is 6.61. The van der Waals surface area contributed by atoms with Gasteiger partial charge in [0.05, 0.1) is 0 Å². The van der Waals surface area contributed by atoms with E-state index < -0.39 is 0 Å². The Bertz CT molecular complexity index is 79.3. The largest absolute Gasteiger partial charge is 0.376 e. The molecule has 0 radical (unpaired) electrons. The predicted octanol–water partition coefficient (Wildman–Crippen LogP) is 2.97. The topological polar surface area (TPSA) is 0 Å². The Morgan fingerprint density at radius 2 is 1.90 bits per heavy atom. The van der Waals surface area contributed by atoms with E-state index in [9.17, 15) is 0 Å². The van der Waals surface area contributed by atoms with Crippen molar-refractivity contribution in [2.75, 3.05) is 0 Å². The number of rotatable bonds is 3. The van der Waals surface area contributed by atoms with Gasteiger partial charge >= 0.3 is 14.3 Å². The van der Waals surface area contributed by atoms with E-state index in [0.29, 0.717) is 0 Å². The summed E-state index contributed by atoms with van der Waals surface area (Å²) in [6, 6.07) is 0. The van der Waals surface area contributed by atoms with Crippen LogP contribution in [0.15, 0.2) is 0 Å². The highest BCUT2D eigenvalue weighted by Crippen LogP contribution is 2.27. The van der Waals surface area contributed by atoms with Crippen LogP contribution in [-0.2, 0) is 0 Å². The molecule has 1 aliphatic carbocycles. The second-order valence-corrected chi connectivity index (χ2v) is 5.55. The highest BCUT2D eigenvalue weighted by Gasteiger charge is 2.12. The first-order chi connectivity index (χ1) is 4.93. The zero-order valence-corrected chi connectivity index (χ0v) is 8.78. The molecule has 0 unspecified atom stereocenters. The van der Waals surface area contributed by atoms with Crippen molar-refractivity contribution in [3.63, 3.8) is 0 Å². The molecule has 0 bridgehead atoms. The average molecular weight is 175 g/mol. The van der Waals surface area contributed by atoms with Crippen molar-refractivity contribution in [3.8, 4) is 0 Å². The molecule has 1 aliphatic rings. The maximum absolute atomic E-state index is 5.76. The maximum Gasteiger partial charge on any atom is 0.376 e. The summed E-state index contributed by atoms with van der Waals surface area (Å²) in [5.74, 6) is 1.06. The number of halogens is 1. The Morgan fingerprint density at radius 1 is 1.20 bits per heavy atom. The first-order valence-electron chi connectivity index (χ1n) is 4.49. The van der Waals surface area contributed by atoms with E-state index >= 15 is 0 Å². The van der Waals surface area contributed by atoms with E-state index in [1.165, 1.54) is 43.8 Å². The SMILES string of the molecule is [Cl][AlH][CH2]CC1CCCCC1. The van der Waals surface area contributed by atoms with Crippen LogP contribution in [0.4, 0.5) is 0 Å². The van der Waals surface area contributed by atoms with Gasteiger partial charge in [-0.05, 0) is 5.92 Å². The van der Waals surface area contributed by atoms with Crippen molar-refractivity contribution in [1.29, 1.82) is 0 Å². The van der Waals surface area contributed by atoms with Gasteiger partial charge in [0.15, 0.2) is 0 Å². The molecule has 0 aliphatic heterocycles. The normalized spacial score (nSPS) is 20.9. The lowest BCUT2D eigenvalue weighted by atomic mass is 9.88. The molecule has 0 N–H and O–H groups in total. The Balaban J connectivity index is 2.02. The number of hydrogen-bond donors (Lipinski definition) is 0. The quantitative estimate of drug-likeness (QED) is 0.578. The minimum absolute atomic E-state index is 0.159. The van der Waals surface area contributed by atoms with E-state index in [4.69, 9.17) is 10.0 Å². The van der Waals surface area contributed by atoms with Crippen LogP contribution < -0.4 is 0 Å². The molecule has 1 saturated carbocycles. The lowest BCUT2D eigenvalue weighted by molar-refractivity contribution is 0.349. The summed E-state index contributed by atoms with van der Waals surface area (Å²) in [6.07, 6.45) is 8.87. The third-order valence-corrected chi connectivity index (χ3v) is 3.95. The van der Waals surface area contributed by atoms with Gasteiger partial charge in [-0.25, -0.2) is 0 Å².